The van der Waals surface area contributed by atoms with E-state index in [1.807, 2.05) is 0 Å². The Morgan fingerprint density at radius 3 is 2.58 bits per heavy atom. The van der Waals surface area contributed by atoms with Crippen molar-refractivity contribution in [3.8, 4) is 0 Å². The predicted octanol–water partition coefficient (Wildman–Crippen LogP) is 0.212. The maximum Gasteiger partial charge on any atom is 0.311 e. The molecule has 2 amide bonds. The summed E-state index contributed by atoms with van der Waals surface area (Å²) in [4.78, 5) is 34.2. The van der Waals surface area contributed by atoms with Crippen molar-refractivity contribution >= 4 is 23.5 Å². The van der Waals surface area contributed by atoms with Crippen molar-refractivity contribution < 1.29 is 19.5 Å². The molecule has 0 saturated carbocycles. The molecule has 0 saturated heterocycles. The second kappa shape index (κ2) is 5.81. The van der Waals surface area contributed by atoms with Crippen molar-refractivity contribution in [2.24, 2.45) is 10.5 Å². The zero-order valence-electron chi connectivity index (χ0n) is 11.4. The van der Waals surface area contributed by atoms with E-state index in [0.29, 0.717) is 6.42 Å². The lowest BCUT2D eigenvalue weighted by molar-refractivity contribution is -0.148. The minimum atomic E-state index is -0.993. The van der Waals surface area contributed by atoms with Crippen molar-refractivity contribution in [2.75, 3.05) is 13.6 Å². The second-order valence-electron chi connectivity index (χ2n) is 4.87. The molecule has 7 nitrogen and oxygen atoms in total. The van der Waals surface area contributed by atoms with Gasteiger partial charge in [0.05, 0.1) is 5.41 Å². The maximum atomic E-state index is 11.9. The molecule has 0 aromatic rings. The van der Waals surface area contributed by atoms with Gasteiger partial charge in [-0.1, -0.05) is 6.92 Å². The van der Waals surface area contributed by atoms with Crippen molar-refractivity contribution in [3.05, 3.63) is 0 Å². The van der Waals surface area contributed by atoms with Crippen LogP contribution in [0.3, 0.4) is 0 Å². The summed E-state index contributed by atoms with van der Waals surface area (Å²) < 4.78 is 0. The third-order valence-electron chi connectivity index (χ3n) is 3.41. The summed E-state index contributed by atoms with van der Waals surface area (Å²) in [6, 6.07) is 0. The molecule has 19 heavy (non-hydrogen) atoms. The average molecular weight is 269 g/mol. The molecule has 1 aliphatic rings. The summed E-state index contributed by atoms with van der Waals surface area (Å²) in [5.41, 5.74) is -0.738. The van der Waals surface area contributed by atoms with E-state index >= 15 is 0 Å². The van der Waals surface area contributed by atoms with Crippen molar-refractivity contribution in [1.82, 2.24) is 10.3 Å². The minimum Gasteiger partial charge on any atom is -0.481 e. The molecule has 0 radical (unpaired) electrons. The largest absolute Gasteiger partial charge is 0.481 e. The number of hydrogen-bond acceptors (Lipinski definition) is 4. The van der Waals surface area contributed by atoms with Crippen LogP contribution in [-0.4, -0.2) is 47.2 Å². The third kappa shape index (κ3) is 3.52. The molecule has 1 unspecified atom stereocenters. The number of nitrogens with zero attached hydrogens (tertiary/aromatic N) is 2. The fourth-order valence-corrected chi connectivity index (χ4v) is 1.56. The van der Waals surface area contributed by atoms with E-state index in [-0.39, 0.29) is 31.0 Å². The highest BCUT2D eigenvalue weighted by Crippen LogP contribution is 2.20. The molecule has 0 aliphatic carbocycles. The highest BCUT2D eigenvalue weighted by molar-refractivity contribution is 6.39. The molecule has 1 atom stereocenters. The van der Waals surface area contributed by atoms with Gasteiger partial charge >= 0.3 is 5.97 Å². The average Bonchev–Trinajstić information content (AvgIpc) is 2.38. The van der Waals surface area contributed by atoms with E-state index in [1.165, 1.54) is 7.05 Å². The quantitative estimate of drug-likeness (QED) is 0.745. The molecule has 0 aromatic carbocycles. The lowest BCUT2D eigenvalue weighted by Crippen LogP contribution is -2.44. The van der Waals surface area contributed by atoms with Crippen LogP contribution in [0.15, 0.2) is 5.10 Å². The maximum absolute atomic E-state index is 11.9. The summed E-state index contributed by atoms with van der Waals surface area (Å²) >= 11 is 0. The number of carboxylic acids is 1. The standard InChI is InChI=1S/C12H19N3O4/c1-4-12(2,11(18)19)7-13-10(17)8-5-6-9(16)15(3)14-8/h4-7H2,1-3H3,(H,13,17)(H,18,19). The Hall–Kier alpha value is -1.92. The summed E-state index contributed by atoms with van der Waals surface area (Å²) in [6.07, 6.45) is 0.936. The number of amides is 2. The van der Waals surface area contributed by atoms with Gasteiger partial charge in [0.25, 0.3) is 5.91 Å². The van der Waals surface area contributed by atoms with Gasteiger partial charge in [-0.25, -0.2) is 5.01 Å². The zero-order chi connectivity index (χ0) is 14.6. The number of hydrogen-bond donors (Lipinski definition) is 2. The van der Waals surface area contributed by atoms with Gasteiger partial charge in [0.15, 0.2) is 0 Å². The molecule has 0 bridgehead atoms. The Morgan fingerprint density at radius 2 is 2.11 bits per heavy atom. The number of rotatable bonds is 5. The fraction of sp³-hybridized carbons (Fsp3) is 0.667. The topological polar surface area (TPSA) is 99.1 Å². The van der Waals surface area contributed by atoms with Crippen LogP contribution < -0.4 is 5.32 Å². The van der Waals surface area contributed by atoms with Crippen LogP contribution in [0.1, 0.15) is 33.1 Å². The van der Waals surface area contributed by atoms with E-state index in [2.05, 4.69) is 10.4 Å². The first kappa shape index (κ1) is 15.1. The Kier molecular flexibility index (Phi) is 4.63. The molecule has 2 N–H and O–H groups in total. The highest BCUT2D eigenvalue weighted by Gasteiger charge is 2.32. The number of aliphatic carboxylic acids is 1. The first-order valence-electron chi connectivity index (χ1n) is 6.16. The van der Waals surface area contributed by atoms with E-state index in [4.69, 9.17) is 5.11 Å². The van der Waals surface area contributed by atoms with Gasteiger partial charge in [0, 0.05) is 26.4 Å². The van der Waals surface area contributed by atoms with E-state index in [9.17, 15) is 14.4 Å². The molecular formula is C12H19N3O4. The molecule has 1 rings (SSSR count). The Bertz CT molecular complexity index is 433. The van der Waals surface area contributed by atoms with Gasteiger partial charge in [-0.2, -0.15) is 5.10 Å². The molecule has 7 heteroatoms. The van der Waals surface area contributed by atoms with Gasteiger partial charge in [-0.05, 0) is 13.3 Å². The van der Waals surface area contributed by atoms with Crippen LogP contribution in [0.25, 0.3) is 0 Å². The SMILES string of the molecule is CCC(C)(CNC(=O)C1=NN(C)C(=O)CC1)C(=O)O. The van der Waals surface area contributed by atoms with Crippen LogP contribution in [0.4, 0.5) is 0 Å². The zero-order valence-corrected chi connectivity index (χ0v) is 11.4. The predicted molar refractivity (Wildman–Crippen MR) is 68.5 cm³/mol. The first-order valence-corrected chi connectivity index (χ1v) is 6.16. The monoisotopic (exact) mass is 269 g/mol. The van der Waals surface area contributed by atoms with E-state index in [1.54, 1.807) is 13.8 Å². The van der Waals surface area contributed by atoms with Gasteiger partial charge in [-0.3, -0.25) is 14.4 Å². The summed E-state index contributed by atoms with van der Waals surface area (Å²) in [7, 11) is 1.49. The third-order valence-corrected chi connectivity index (χ3v) is 3.41. The van der Waals surface area contributed by atoms with E-state index in [0.717, 1.165) is 5.01 Å². The highest BCUT2D eigenvalue weighted by atomic mass is 16.4. The molecule has 1 heterocycles. The van der Waals surface area contributed by atoms with Gasteiger partial charge < -0.3 is 10.4 Å². The Morgan fingerprint density at radius 1 is 1.47 bits per heavy atom. The van der Waals surface area contributed by atoms with Crippen LogP contribution >= 0.6 is 0 Å². The Balaban J connectivity index is 2.64. The molecule has 1 aliphatic heterocycles. The van der Waals surface area contributed by atoms with Gasteiger partial charge in [0.1, 0.15) is 5.71 Å². The molecule has 0 fully saturated rings. The van der Waals surface area contributed by atoms with Gasteiger partial charge in [0.2, 0.25) is 5.91 Å². The summed E-state index contributed by atoms with van der Waals surface area (Å²) in [5.74, 6) is -1.51. The summed E-state index contributed by atoms with van der Waals surface area (Å²) in [6.45, 7) is 3.37. The molecular weight excluding hydrogens is 250 g/mol. The number of carbonyl (C=O) groups excluding carboxylic acids is 2. The smallest absolute Gasteiger partial charge is 0.311 e. The Labute approximate surface area is 111 Å². The van der Waals surface area contributed by atoms with Crippen molar-refractivity contribution in [2.45, 2.75) is 33.1 Å². The normalized spacial score (nSPS) is 18.6. The van der Waals surface area contributed by atoms with Crippen LogP contribution in [0.5, 0.6) is 0 Å². The lowest BCUT2D eigenvalue weighted by Gasteiger charge is -2.24. The lowest BCUT2D eigenvalue weighted by atomic mass is 9.87. The molecule has 0 spiro atoms. The van der Waals surface area contributed by atoms with Crippen LogP contribution in [0, 0.1) is 5.41 Å². The minimum absolute atomic E-state index is 0.0361. The number of hydrazone groups is 1. The number of nitrogens with one attached hydrogen (secondary N) is 1. The number of carbonyl (C=O) groups is 3. The fourth-order valence-electron chi connectivity index (χ4n) is 1.56. The van der Waals surface area contributed by atoms with Gasteiger partial charge in [-0.15, -0.1) is 0 Å². The van der Waals surface area contributed by atoms with Crippen LogP contribution in [-0.2, 0) is 14.4 Å². The first-order chi connectivity index (χ1) is 8.80. The molecule has 0 aromatic heterocycles. The number of carboxylic acid groups (broad SMARTS) is 1. The van der Waals surface area contributed by atoms with E-state index < -0.39 is 17.3 Å². The second-order valence-corrected chi connectivity index (χ2v) is 4.87. The molecule has 106 valence electrons. The van der Waals surface area contributed by atoms with Crippen LogP contribution in [0.2, 0.25) is 0 Å². The van der Waals surface area contributed by atoms with Crippen molar-refractivity contribution in [3.63, 3.8) is 0 Å². The summed E-state index contributed by atoms with van der Waals surface area (Å²) in [5, 5.41) is 16.7. The van der Waals surface area contributed by atoms with Crippen molar-refractivity contribution in [1.29, 1.82) is 0 Å².